The monoisotopic (exact) mass is 317 g/mol. The first-order valence-electron chi connectivity index (χ1n) is 7.35. The van der Waals surface area contributed by atoms with Crippen LogP contribution < -0.4 is 0 Å². The van der Waals surface area contributed by atoms with E-state index in [1.807, 2.05) is 27.7 Å². The Morgan fingerprint density at radius 1 is 1.30 bits per heavy atom. The molecule has 23 heavy (non-hydrogen) atoms. The summed E-state index contributed by atoms with van der Waals surface area (Å²) >= 11 is 0. The molecule has 122 valence electrons. The second kappa shape index (κ2) is 5.89. The maximum Gasteiger partial charge on any atom is 0.462 e. The summed E-state index contributed by atoms with van der Waals surface area (Å²) < 4.78 is 11.9. The molecule has 1 aromatic carbocycles. The summed E-state index contributed by atoms with van der Waals surface area (Å²) in [6, 6.07) is 3.04. The van der Waals surface area contributed by atoms with E-state index >= 15 is 0 Å². The molecule has 0 spiro atoms. The van der Waals surface area contributed by atoms with Crippen LogP contribution in [0.5, 0.6) is 0 Å². The molecule has 1 aliphatic heterocycles. The molecule has 2 rings (SSSR count). The smallest absolute Gasteiger partial charge is 0.462 e. The number of hydrogen-bond donors (Lipinski definition) is 1. The molecule has 0 saturated carbocycles. The number of hydrogen-bond acceptors (Lipinski definition) is 4. The van der Waals surface area contributed by atoms with Gasteiger partial charge in [-0.2, -0.15) is 0 Å². The van der Waals surface area contributed by atoms with Crippen molar-refractivity contribution in [2.45, 2.75) is 52.1 Å². The summed E-state index contributed by atoms with van der Waals surface area (Å²) in [5.74, 6) is -1.06. The summed E-state index contributed by atoms with van der Waals surface area (Å²) in [6.07, 6.45) is 0.383. The minimum atomic E-state index is -1.06. The zero-order valence-electron chi connectivity index (χ0n) is 14.0. The zero-order chi connectivity index (χ0) is 17.4. The number of rotatable bonds is 4. The second-order valence-corrected chi connectivity index (χ2v) is 6.66. The van der Waals surface area contributed by atoms with E-state index in [0.29, 0.717) is 11.9 Å². The van der Waals surface area contributed by atoms with Crippen molar-refractivity contribution in [1.82, 2.24) is 0 Å². The number of benzene rings is 1. The van der Waals surface area contributed by atoms with Gasteiger partial charge in [-0.3, -0.25) is 0 Å². The highest BCUT2D eigenvalue weighted by atomic mass is 16.7. The Kier molecular flexibility index (Phi) is 4.44. The van der Waals surface area contributed by atoms with Crippen molar-refractivity contribution >= 4 is 18.8 Å². The van der Waals surface area contributed by atoms with E-state index in [4.69, 9.17) is 14.8 Å². The van der Waals surface area contributed by atoms with Crippen LogP contribution in [0.4, 0.5) is 5.69 Å². The van der Waals surface area contributed by atoms with Crippen molar-refractivity contribution in [3.63, 3.8) is 0 Å². The van der Waals surface area contributed by atoms with Gasteiger partial charge >= 0.3 is 13.1 Å². The van der Waals surface area contributed by atoms with Gasteiger partial charge in [-0.25, -0.2) is 4.79 Å². The summed E-state index contributed by atoms with van der Waals surface area (Å²) in [6.45, 7) is 9.56. The van der Waals surface area contributed by atoms with Crippen molar-refractivity contribution < 1.29 is 19.2 Å². The van der Waals surface area contributed by atoms with Crippen LogP contribution in [0, 0.1) is 6.92 Å². The van der Waals surface area contributed by atoms with E-state index in [0.717, 1.165) is 5.56 Å². The van der Waals surface area contributed by atoms with Crippen molar-refractivity contribution in [2.24, 2.45) is 5.11 Å². The predicted molar refractivity (Wildman–Crippen MR) is 86.7 cm³/mol. The lowest BCUT2D eigenvalue weighted by Crippen LogP contribution is -2.41. The molecule has 0 amide bonds. The number of carboxylic acid groups (broad SMARTS) is 1. The fourth-order valence-corrected chi connectivity index (χ4v) is 2.53. The van der Waals surface area contributed by atoms with Crippen LogP contribution >= 0.6 is 0 Å². The first-order valence-corrected chi connectivity index (χ1v) is 7.35. The van der Waals surface area contributed by atoms with Crippen LogP contribution in [0.15, 0.2) is 17.2 Å². The lowest BCUT2D eigenvalue weighted by molar-refractivity contribution is 0.00578. The third-order valence-electron chi connectivity index (χ3n) is 4.58. The van der Waals surface area contributed by atoms with Crippen molar-refractivity contribution in [3.8, 4) is 0 Å². The van der Waals surface area contributed by atoms with E-state index in [1.54, 1.807) is 13.0 Å². The highest BCUT2D eigenvalue weighted by molar-refractivity contribution is 6.45. The van der Waals surface area contributed by atoms with Gasteiger partial charge in [-0.15, -0.1) is 0 Å². The van der Waals surface area contributed by atoms with Gasteiger partial charge in [0.05, 0.1) is 16.8 Å². The number of carbonyl (C=O) groups is 1. The lowest BCUT2D eigenvalue weighted by atomic mass is 9.78. The molecule has 1 saturated heterocycles. The molecule has 0 bridgehead atoms. The largest absolute Gasteiger partial charge is 0.478 e. The third-order valence-corrected chi connectivity index (χ3v) is 4.58. The van der Waals surface area contributed by atoms with Gasteiger partial charge in [0.2, 0.25) is 0 Å². The van der Waals surface area contributed by atoms with Crippen LogP contribution in [-0.2, 0) is 15.6 Å². The van der Waals surface area contributed by atoms with E-state index < -0.39 is 24.3 Å². The molecule has 0 atom stereocenters. The second-order valence-electron chi connectivity index (χ2n) is 6.66. The fraction of sp³-hybridized carbons (Fsp3) is 0.533. The molecule has 8 heteroatoms. The van der Waals surface area contributed by atoms with Gasteiger partial charge in [0.1, 0.15) is 0 Å². The summed E-state index contributed by atoms with van der Waals surface area (Å²) in [7, 11) is -0.485. The van der Waals surface area contributed by atoms with Crippen molar-refractivity contribution in [1.29, 1.82) is 0 Å². The molecule has 0 aromatic heterocycles. The van der Waals surface area contributed by atoms with Crippen molar-refractivity contribution in [2.75, 3.05) is 0 Å². The first-order chi connectivity index (χ1) is 10.6. The van der Waals surface area contributed by atoms with Gasteiger partial charge in [-0.1, -0.05) is 5.11 Å². The number of nitrogens with zero attached hydrogens (tertiary/aromatic N) is 3. The Morgan fingerprint density at radius 2 is 1.87 bits per heavy atom. The average molecular weight is 317 g/mol. The molecular formula is C15H20BN3O4. The van der Waals surface area contributed by atoms with Gasteiger partial charge in [0, 0.05) is 16.9 Å². The topological polar surface area (TPSA) is 105 Å². The third kappa shape index (κ3) is 3.34. The van der Waals surface area contributed by atoms with Crippen LogP contribution in [0.1, 0.15) is 49.2 Å². The lowest BCUT2D eigenvalue weighted by Gasteiger charge is -2.32. The van der Waals surface area contributed by atoms with Crippen LogP contribution in [0.3, 0.4) is 0 Å². The molecule has 1 N–H and O–H groups in total. The predicted octanol–water partition coefficient (Wildman–Crippen LogP) is 3.81. The average Bonchev–Trinajstić information content (AvgIpc) is 2.61. The molecular weight excluding hydrogens is 297 g/mol. The maximum absolute atomic E-state index is 11.4. The van der Waals surface area contributed by atoms with E-state index in [2.05, 4.69) is 10.0 Å². The number of azide groups is 1. The highest BCUT2D eigenvalue weighted by Crippen LogP contribution is 2.38. The molecule has 1 fully saturated rings. The van der Waals surface area contributed by atoms with Crippen LogP contribution in [0.25, 0.3) is 10.4 Å². The zero-order valence-corrected chi connectivity index (χ0v) is 14.0. The van der Waals surface area contributed by atoms with Crippen LogP contribution in [-0.4, -0.2) is 29.4 Å². The minimum Gasteiger partial charge on any atom is -0.478 e. The Morgan fingerprint density at radius 3 is 2.35 bits per heavy atom. The molecule has 1 aliphatic rings. The van der Waals surface area contributed by atoms with Crippen molar-refractivity contribution in [3.05, 3.63) is 39.3 Å². The summed E-state index contributed by atoms with van der Waals surface area (Å²) in [5.41, 5.74) is 9.40. The SMILES string of the molecule is Cc1c(CB2OC(C)(C)C(C)(C)O2)cc(N=[N+]=[N-])cc1C(=O)O. The number of aromatic carboxylic acids is 1. The van der Waals surface area contributed by atoms with Crippen LogP contribution in [0.2, 0.25) is 0 Å². The first kappa shape index (κ1) is 17.3. The maximum atomic E-state index is 11.4. The minimum absolute atomic E-state index is 0.112. The van der Waals surface area contributed by atoms with E-state index in [-0.39, 0.29) is 11.3 Å². The quantitative estimate of drug-likeness (QED) is 0.394. The molecule has 1 aromatic rings. The highest BCUT2D eigenvalue weighted by Gasteiger charge is 2.50. The fourth-order valence-electron chi connectivity index (χ4n) is 2.53. The van der Waals surface area contributed by atoms with Gasteiger partial charge < -0.3 is 14.4 Å². The molecule has 0 unspecified atom stereocenters. The molecule has 7 nitrogen and oxygen atoms in total. The molecule has 0 aliphatic carbocycles. The van der Waals surface area contributed by atoms with E-state index in [1.165, 1.54) is 6.07 Å². The Balaban J connectivity index is 2.37. The normalized spacial score (nSPS) is 18.6. The van der Waals surface area contributed by atoms with Gasteiger partial charge in [0.15, 0.2) is 0 Å². The summed E-state index contributed by atoms with van der Waals surface area (Å²) in [5, 5.41) is 12.8. The Hall–Kier alpha value is -2.02. The molecule has 1 heterocycles. The summed E-state index contributed by atoms with van der Waals surface area (Å²) in [4.78, 5) is 14.1. The van der Waals surface area contributed by atoms with Gasteiger partial charge in [0.25, 0.3) is 0 Å². The number of carboxylic acids is 1. The molecule has 0 radical (unpaired) electrons. The van der Waals surface area contributed by atoms with Gasteiger partial charge in [-0.05, 0) is 63.4 Å². The Bertz CT molecular complexity index is 680. The van der Waals surface area contributed by atoms with E-state index in [9.17, 15) is 9.90 Å². The standard InChI is InChI=1S/C15H20BN3O4/c1-9-10(6-11(18-19-17)7-12(9)13(20)21)8-16-22-14(2,3)15(4,5)23-16/h6-7H,8H2,1-5H3,(H,20,21). The Labute approximate surface area is 135 Å².